The third kappa shape index (κ3) is 5.18. The van der Waals surface area contributed by atoms with Gasteiger partial charge in [-0.2, -0.15) is 0 Å². The van der Waals surface area contributed by atoms with Crippen LogP contribution in [0.3, 0.4) is 0 Å². The number of halogens is 1. The monoisotopic (exact) mass is 380 g/mol. The van der Waals surface area contributed by atoms with E-state index >= 15 is 0 Å². The summed E-state index contributed by atoms with van der Waals surface area (Å²) < 4.78 is 24.7. The zero-order valence-corrected chi connectivity index (χ0v) is 16.1. The highest BCUT2D eigenvalue weighted by atomic mass is 19.1. The smallest absolute Gasteiger partial charge is 0.219 e. The molecule has 3 rings (SSSR count). The van der Waals surface area contributed by atoms with Crippen LogP contribution in [0, 0.1) is 12.7 Å². The maximum Gasteiger partial charge on any atom is 0.219 e. The predicted molar refractivity (Wildman–Crippen MR) is 99.2 cm³/mol. The first-order valence-corrected chi connectivity index (χ1v) is 9.55. The van der Waals surface area contributed by atoms with Gasteiger partial charge in [-0.05, 0) is 43.5 Å². The Labute approximate surface area is 159 Å². The van der Waals surface area contributed by atoms with Crippen molar-refractivity contribution in [2.75, 3.05) is 46.0 Å². The molecule has 0 saturated carbocycles. The van der Waals surface area contributed by atoms with Crippen molar-refractivity contribution in [3.8, 4) is 5.75 Å². The normalized spacial score (nSPS) is 25.3. The van der Waals surface area contributed by atoms with Gasteiger partial charge in [0.05, 0.1) is 6.54 Å². The highest BCUT2D eigenvalue weighted by Gasteiger charge is 2.39. The number of aliphatic hydroxyl groups is 1. The highest BCUT2D eigenvalue weighted by Crippen LogP contribution is 2.23. The van der Waals surface area contributed by atoms with Gasteiger partial charge >= 0.3 is 0 Å². The van der Waals surface area contributed by atoms with E-state index in [9.17, 15) is 14.3 Å². The second-order valence-corrected chi connectivity index (χ2v) is 7.68. The lowest BCUT2D eigenvalue weighted by molar-refractivity contribution is -0.132. The molecule has 1 atom stereocenters. The number of ether oxygens (including phenoxy) is 2. The number of hydrogen-bond donors (Lipinski definition) is 1. The predicted octanol–water partition coefficient (Wildman–Crippen LogP) is 1.59. The average molecular weight is 380 g/mol. The van der Waals surface area contributed by atoms with Gasteiger partial charge in [0.25, 0.3) is 0 Å². The van der Waals surface area contributed by atoms with Gasteiger partial charge in [0.1, 0.15) is 23.8 Å². The molecule has 1 amide bonds. The van der Waals surface area contributed by atoms with E-state index in [-0.39, 0.29) is 24.9 Å². The van der Waals surface area contributed by atoms with Gasteiger partial charge in [0.2, 0.25) is 5.91 Å². The van der Waals surface area contributed by atoms with Crippen molar-refractivity contribution >= 4 is 5.91 Å². The van der Waals surface area contributed by atoms with E-state index in [1.54, 1.807) is 24.0 Å². The first-order chi connectivity index (χ1) is 12.9. The fourth-order valence-corrected chi connectivity index (χ4v) is 3.84. The summed E-state index contributed by atoms with van der Waals surface area (Å²) in [6.07, 6.45) is 1.85. The van der Waals surface area contributed by atoms with Gasteiger partial charge in [0.15, 0.2) is 0 Å². The largest absolute Gasteiger partial charge is 0.490 e. The first-order valence-electron chi connectivity index (χ1n) is 9.55. The molecule has 0 aliphatic carbocycles. The molecule has 27 heavy (non-hydrogen) atoms. The molecule has 1 N–H and O–H groups in total. The molecule has 2 aliphatic heterocycles. The number of carbonyl (C=O) groups is 1. The summed E-state index contributed by atoms with van der Waals surface area (Å²) in [6.45, 7) is 6.66. The maximum absolute atomic E-state index is 13.5. The van der Waals surface area contributed by atoms with E-state index in [1.165, 1.54) is 13.0 Å². The van der Waals surface area contributed by atoms with Crippen LogP contribution in [0.5, 0.6) is 5.75 Å². The van der Waals surface area contributed by atoms with Gasteiger partial charge < -0.3 is 19.5 Å². The van der Waals surface area contributed by atoms with Gasteiger partial charge in [-0.25, -0.2) is 4.39 Å². The number of carbonyl (C=O) groups excluding carboxylic acids is 1. The van der Waals surface area contributed by atoms with E-state index in [4.69, 9.17) is 9.47 Å². The number of nitrogens with zero attached hydrogens (tertiary/aromatic N) is 2. The summed E-state index contributed by atoms with van der Waals surface area (Å²) in [5, 5.41) is 11.3. The lowest BCUT2D eigenvalue weighted by atomic mass is 10.0. The van der Waals surface area contributed by atoms with Crippen LogP contribution in [0.4, 0.5) is 4.39 Å². The van der Waals surface area contributed by atoms with E-state index in [1.807, 2.05) is 0 Å². The summed E-state index contributed by atoms with van der Waals surface area (Å²) in [5.74, 6) is 0.169. The Morgan fingerprint density at radius 3 is 2.74 bits per heavy atom. The van der Waals surface area contributed by atoms with Crippen molar-refractivity contribution in [2.24, 2.45) is 0 Å². The Morgan fingerprint density at radius 1 is 1.33 bits per heavy atom. The number of rotatable bonds is 4. The van der Waals surface area contributed by atoms with E-state index in [0.717, 1.165) is 32.6 Å². The standard InChI is InChI=1S/C20H29FN2O4/c1-15-11-18(3-4-19(15)21)27-14-20(25)12-22(16(2)24)7-8-23(13-20)17-5-9-26-10-6-17/h3-4,11,17,25H,5-10,12-14H2,1-2H3/t20-/m0/s1. The van der Waals surface area contributed by atoms with E-state index < -0.39 is 5.60 Å². The van der Waals surface area contributed by atoms with Crippen LogP contribution in [0.25, 0.3) is 0 Å². The minimum Gasteiger partial charge on any atom is -0.490 e. The molecule has 0 aromatic heterocycles. The fourth-order valence-electron chi connectivity index (χ4n) is 3.84. The summed E-state index contributed by atoms with van der Waals surface area (Å²) in [6, 6.07) is 4.87. The molecule has 2 heterocycles. The van der Waals surface area contributed by atoms with Crippen molar-refractivity contribution in [1.82, 2.24) is 9.80 Å². The number of aryl methyl sites for hydroxylation is 1. The minimum atomic E-state index is -1.19. The Kier molecular flexibility index (Phi) is 6.34. The van der Waals surface area contributed by atoms with Crippen LogP contribution >= 0.6 is 0 Å². The Bertz CT molecular complexity index is 665. The van der Waals surface area contributed by atoms with Gasteiger partial charge in [-0.1, -0.05) is 0 Å². The molecule has 2 aliphatic rings. The third-order valence-electron chi connectivity index (χ3n) is 5.43. The lowest BCUT2D eigenvalue weighted by Gasteiger charge is -2.37. The highest BCUT2D eigenvalue weighted by molar-refractivity contribution is 5.73. The van der Waals surface area contributed by atoms with Crippen LogP contribution in [0.1, 0.15) is 25.3 Å². The van der Waals surface area contributed by atoms with E-state index in [0.29, 0.717) is 30.4 Å². The van der Waals surface area contributed by atoms with Crippen LogP contribution in [-0.2, 0) is 9.53 Å². The number of amides is 1. The Hall–Kier alpha value is -1.70. The molecule has 0 bridgehead atoms. The molecule has 2 saturated heterocycles. The Balaban J connectivity index is 1.72. The minimum absolute atomic E-state index is 0.0432. The van der Waals surface area contributed by atoms with Crippen molar-refractivity contribution < 1.29 is 23.8 Å². The van der Waals surface area contributed by atoms with Gasteiger partial charge in [0, 0.05) is 45.8 Å². The van der Waals surface area contributed by atoms with Crippen LogP contribution in [-0.4, -0.2) is 78.5 Å². The molecule has 6 nitrogen and oxygen atoms in total. The number of benzene rings is 1. The summed E-state index contributed by atoms with van der Waals surface area (Å²) in [5.41, 5.74) is -0.697. The zero-order valence-electron chi connectivity index (χ0n) is 16.1. The molecule has 2 fully saturated rings. The Morgan fingerprint density at radius 2 is 2.07 bits per heavy atom. The average Bonchev–Trinajstić information content (AvgIpc) is 2.83. The van der Waals surface area contributed by atoms with E-state index in [2.05, 4.69) is 4.90 Å². The molecular weight excluding hydrogens is 351 g/mol. The maximum atomic E-state index is 13.5. The molecule has 150 valence electrons. The number of hydrogen-bond acceptors (Lipinski definition) is 5. The van der Waals surface area contributed by atoms with Crippen LogP contribution in [0.15, 0.2) is 18.2 Å². The molecule has 0 spiro atoms. The SMILES string of the molecule is CC(=O)N1CCN(C2CCOCC2)C[C@](O)(COc2ccc(F)c(C)c2)C1. The molecule has 0 unspecified atom stereocenters. The fraction of sp³-hybridized carbons (Fsp3) is 0.650. The van der Waals surface area contributed by atoms with Gasteiger partial charge in [-0.3, -0.25) is 9.69 Å². The van der Waals surface area contributed by atoms with Crippen molar-refractivity contribution in [2.45, 2.75) is 38.3 Å². The topological polar surface area (TPSA) is 62.2 Å². The molecular formula is C20H29FN2O4. The van der Waals surface area contributed by atoms with Crippen molar-refractivity contribution in [3.63, 3.8) is 0 Å². The second-order valence-electron chi connectivity index (χ2n) is 7.68. The van der Waals surface area contributed by atoms with Crippen LogP contribution in [0.2, 0.25) is 0 Å². The van der Waals surface area contributed by atoms with Crippen molar-refractivity contribution in [1.29, 1.82) is 0 Å². The van der Waals surface area contributed by atoms with Crippen LogP contribution < -0.4 is 4.74 Å². The third-order valence-corrected chi connectivity index (χ3v) is 5.43. The number of β-amino-alcohol motifs (C(OH)–C–C–N with tert-alkyl or cyclic N) is 1. The summed E-state index contributed by atoms with van der Waals surface area (Å²) >= 11 is 0. The first kappa shape index (κ1) is 20.0. The molecule has 1 aromatic rings. The molecule has 1 aromatic carbocycles. The lowest BCUT2D eigenvalue weighted by Crippen LogP contribution is -2.53. The van der Waals surface area contributed by atoms with Crippen molar-refractivity contribution in [3.05, 3.63) is 29.6 Å². The molecule has 7 heteroatoms. The summed E-state index contributed by atoms with van der Waals surface area (Å²) in [7, 11) is 0. The summed E-state index contributed by atoms with van der Waals surface area (Å²) in [4.78, 5) is 15.9. The zero-order chi connectivity index (χ0) is 19.4. The molecule has 0 radical (unpaired) electrons. The second kappa shape index (κ2) is 8.54. The van der Waals surface area contributed by atoms with Gasteiger partial charge in [-0.15, -0.1) is 0 Å². The quantitative estimate of drug-likeness (QED) is 0.860.